The van der Waals surface area contributed by atoms with Gasteiger partial charge in [-0.2, -0.15) is 0 Å². The molecule has 1 aromatic rings. The Morgan fingerprint density at radius 2 is 1.75 bits per heavy atom. The van der Waals surface area contributed by atoms with Gasteiger partial charge in [0.15, 0.2) is 11.6 Å². The molecule has 0 aliphatic carbocycles. The highest BCUT2D eigenvalue weighted by atomic mass is 79.9. The fraction of sp³-hybridized carbons (Fsp3) is 0.385. The first kappa shape index (κ1) is 14.9. The van der Waals surface area contributed by atoms with Crippen LogP contribution in [0.2, 0.25) is 0 Å². The number of hydrogen-bond donors (Lipinski definition) is 1. The number of carboxylic acid groups (broad SMARTS) is 1. The van der Waals surface area contributed by atoms with Gasteiger partial charge < -0.3 is 10.0 Å². The Morgan fingerprint density at radius 1 is 1.20 bits per heavy atom. The van der Waals surface area contributed by atoms with Crippen LogP contribution >= 0.6 is 15.9 Å². The average Bonchev–Trinajstić information content (AvgIpc) is 2.42. The van der Waals surface area contributed by atoms with Gasteiger partial charge in [0.05, 0.1) is 11.5 Å². The van der Waals surface area contributed by atoms with Crippen molar-refractivity contribution in [1.82, 2.24) is 4.90 Å². The second-order valence-corrected chi connectivity index (χ2v) is 5.51. The van der Waals surface area contributed by atoms with Gasteiger partial charge in [-0.3, -0.25) is 9.59 Å². The molecule has 108 valence electrons. The maximum Gasteiger partial charge on any atom is 0.306 e. The molecule has 4 nitrogen and oxygen atoms in total. The van der Waals surface area contributed by atoms with E-state index in [2.05, 4.69) is 15.9 Å². The first-order valence-electron chi connectivity index (χ1n) is 6.06. The van der Waals surface area contributed by atoms with Crippen LogP contribution in [-0.4, -0.2) is 35.0 Å². The van der Waals surface area contributed by atoms with E-state index in [0.717, 1.165) is 12.1 Å². The number of amides is 1. The molecule has 1 saturated heterocycles. The minimum atomic E-state index is -1.09. The molecule has 1 aliphatic heterocycles. The maximum absolute atomic E-state index is 13.2. The second kappa shape index (κ2) is 5.87. The van der Waals surface area contributed by atoms with Crippen molar-refractivity contribution in [2.75, 3.05) is 13.1 Å². The van der Waals surface area contributed by atoms with E-state index in [9.17, 15) is 18.4 Å². The predicted octanol–water partition coefficient (Wildman–Crippen LogP) is 2.66. The lowest BCUT2D eigenvalue weighted by atomic mass is 9.96. The molecule has 1 N–H and O–H groups in total. The van der Waals surface area contributed by atoms with Crippen LogP contribution in [0.1, 0.15) is 23.2 Å². The minimum Gasteiger partial charge on any atom is -0.481 e. The van der Waals surface area contributed by atoms with Gasteiger partial charge in [-0.15, -0.1) is 0 Å². The van der Waals surface area contributed by atoms with Gasteiger partial charge in [-0.05, 0) is 40.9 Å². The van der Waals surface area contributed by atoms with Crippen molar-refractivity contribution in [2.24, 2.45) is 5.92 Å². The van der Waals surface area contributed by atoms with Gasteiger partial charge in [-0.25, -0.2) is 8.78 Å². The van der Waals surface area contributed by atoms with Crippen LogP contribution in [0.15, 0.2) is 16.6 Å². The normalized spacial score (nSPS) is 16.2. The molecule has 2 rings (SSSR count). The van der Waals surface area contributed by atoms with Crippen molar-refractivity contribution in [3.63, 3.8) is 0 Å². The lowest BCUT2D eigenvalue weighted by Gasteiger charge is -2.30. The Labute approximate surface area is 122 Å². The van der Waals surface area contributed by atoms with Crippen LogP contribution in [0.25, 0.3) is 0 Å². The lowest BCUT2D eigenvalue weighted by Crippen LogP contribution is -2.40. The Balaban J connectivity index is 2.13. The Kier molecular flexibility index (Phi) is 4.37. The minimum absolute atomic E-state index is 0.0395. The molecule has 7 heteroatoms. The molecule has 1 fully saturated rings. The third-order valence-electron chi connectivity index (χ3n) is 3.37. The standard InChI is InChI=1S/C13H12BrF2NO3/c14-9-6-11(16)10(15)5-8(9)12(18)17-3-1-7(2-4-17)13(19)20/h5-7H,1-4H2,(H,19,20). The second-order valence-electron chi connectivity index (χ2n) is 4.65. The van der Waals surface area contributed by atoms with E-state index >= 15 is 0 Å². The number of benzene rings is 1. The fourth-order valence-electron chi connectivity index (χ4n) is 2.19. The highest BCUT2D eigenvalue weighted by Crippen LogP contribution is 2.25. The zero-order chi connectivity index (χ0) is 14.9. The number of halogens is 3. The van der Waals surface area contributed by atoms with Crippen LogP contribution in [0.4, 0.5) is 8.78 Å². The van der Waals surface area contributed by atoms with Gasteiger partial charge in [0.2, 0.25) is 0 Å². The van der Waals surface area contributed by atoms with Crippen molar-refractivity contribution in [3.8, 4) is 0 Å². The van der Waals surface area contributed by atoms with Crippen molar-refractivity contribution in [2.45, 2.75) is 12.8 Å². The van der Waals surface area contributed by atoms with Crippen LogP contribution in [-0.2, 0) is 4.79 Å². The third-order valence-corrected chi connectivity index (χ3v) is 4.03. The summed E-state index contributed by atoms with van der Waals surface area (Å²) >= 11 is 3.04. The van der Waals surface area contributed by atoms with E-state index < -0.39 is 29.4 Å². The molecular formula is C13H12BrF2NO3. The summed E-state index contributed by atoms with van der Waals surface area (Å²) in [5, 5.41) is 8.89. The lowest BCUT2D eigenvalue weighted by molar-refractivity contribution is -0.143. The molecule has 20 heavy (non-hydrogen) atoms. The number of carboxylic acids is 1. The molecule has 0 bridgehead atoms. The van der Waals surface area contributed by atoms with Crippen LogP contribution < -0.4 is 0 Å². The predicted molar refractivity (Wildman–Crippen MR) is 70.3 cm³/mol. The smallest absolute Gasteiger partial charge is 0.306 e. The molecule has 1 amide bonds. The summed E-state index contributed by atoms with van der Waals surface area (Å²) < 4.78 is 26.4. The molecule has 0 spiro atoms. The van der Waals surface area contributed by atoms with E-state index in [1.807, 2.05) is 0 Å². The molecule has 0 saturated carbocycles. The fourth-order valence-corrected chi connectivity index (χ4v) is 2.67. The van der Waals surface area contributed by atoms with E-state index in [1.54, 1.807) is 0 Å². The van der Waals surface area contributed by atoms with Crippen molar-refractivity contribution < 1.29 is 23.5 Å². The summed E-state index contributed by atoms with van der Waals surface area (Å²) in [4.78, 5) is 24.5. The topological polar surface area (TPSA) is 57.6 Å². The molecule has 0 atom stereocenters. The van der Waals surface area contributed by atoms with Gasteiger partial charge in [0.25, 0.3) is 5.91 Å². The van der Waals surface area contributed by atoms with Crippen molar-refractivity contribution in [3.05, 3.63) is 33.8 Å². The molecule has 1 heterocycles. The number of nitrogens with zero attached hydrogens (tertiary/aromatic N) is 1. The first-order valence-corrected chi connectivity index (χ1v) is 6.86. The Hall–Kier alpha value is -1.50. The van der Waals surface area contributed by atoms with Gasteiger partial charge in [-0.1, -0.05) is 0 Å². The monoisotopic (exact) mass is 347 g/mol. The van der Waals surface area contributed by atoms with E-state index in [1.165, 1.54) is 4.90 Å². The maximum atomic E-state index is 13.2. The first-order chi connectivity index (χ1) is 9.40. The molecule has 0 unspecified atom stereocenters. The molecule has 0 aromatic heterocycles. The van der Waals surface area contributed by atoms with Crippen molar-refractivity contribution in [1.29, 1.82) is 0 Å². The van der Waals surface area contributed by atoms with E-state index in [4.69, 9.17) is 5.11 Å². The number of aliphatic carboxylic acids is 1. The largest absolute Gasteiger partial charge is 0.481 e. The number of carbonyl (C=O) groups is 2. The quantitative estimate of drug-likeness (QED) is 0.836. The number of likely N-dealkylation sites (tertiary alicyclic amines) is 1. The highest BCUT2D eigenvalue weighted by molar-refractivity contribution is 9.10. The summed E-state index contributed by atoms with van der Waals surface area (Å²) in [5.41, 5.74) is 0.0395. The third kappa shape index (κ3) is 2.98. The summed E-state index contributed by atoms with van der Waals surface area (Å²) in [6.07, 6.45) is 0.727. The summed E-state index contributed by atoms with van der Waals surface area (Å²) in [7, 11) is 0. The Morgan fingerprint density at radius 3 is 2.30 bits per heavy atom. The summed E-state index contributed by atoms with van der Waals surface area (Å²) in [6, 6.07) is 1.76. The molecule has 0 radical (unpaired) electrons. The number of rotatable bonds is 2. The zero-order valence-electron chi connectivity index (χ0n) is 10.4. The van der Waals surface area contributed by atoms with E-state index in [-0.39, 0.29) is 10.0 Å². The van der Waals surface area contributed by atoms with E-state index in [0.29, 0.717) is 25.9 Å². The van der Waals surface area contributed by atoms with Gasteiger partial charge in [0.1, 0.15) is 0 Å². The summed E-state index contributed by atoms with van der Waals surface area (Å²) in [6.45, 7) is 0.586. The molecular weight excluding hydrogens is 336 g/mol. The van der Waals surface area contributed by atoms with Gasteiger partial charge >= 0.3 is 5.97 Å². The SMILES string of the molecule is O=C(O)C1CCN(C(=O)c2cc(F)c(F)cc2Br)CC1. The highest BCUT2D eigenvalue weighted by Gasteiger charge is 2.28. The van der Waals surface area contributed by atoms with Crippen LogP contribution in [0.3, 0.4) is 0 Å². The van der Waals surface area contributed by atoms with Gasteiger partial charge in [0, 0.05) is 17.6 Å². The number of carbonyl (C=O) groups excluding carboxylic acids is 1. The Bertz CT molecular complexity index is 557. The zero-order valence-corrected chi connectivity index (χ0v) is 12.0. The molecule has 1 aromatic carbocycles. The van der Waals surface area contributed by atoms with Crippen LogP contribution in [0.5, 0.6) is 0 Å². The molecule has 1 aliphatic rings. The number of hydrogen-bond acceptors (Lipinski definition) is 2. The number of piperidine rings is 1. The van der Waals surface area contributed by atoms with Crippen molar-refractivity contribution >= 4 is 27.8 Å². The van der Waals surface area contributed by atoms with Crippen LogP contribution in [0, 0.1) is 17.6 Å². The summed E-state index contributed by atoms with van der Waals surface area (Å²) in [5.74, 6) is -3.87. The average molecular weight is 348 g/mol.